The zero-order chi connectivity index (χ0) is 36.7. The lowest BCUT2D eigenvalue weighted by Gasteiger charge is -2.73. The Hall–Kier alpha value is -2.00. The van der Waals surface area contributed by atoms with E-state index in [0.29, 0.717) is 17.9 Å². The first-order valence-electron chi connectivity index (χ1n) is 18.7. The SMILES string of the molecule is C.C/C=C(/C)CC(=O)O[C@H]1[C@H](OC(=O)/C(C)=C\C)C(C)(C)CC2C3=CCC4[C@@]5(C)CC[C@H](O)C(C)(C)C5CC[C@@]4(C)[C@]3(C)[C@@H](O)[C@@H](O)[C@]21CO. The molecule has 0 saturated heterocycles. The first-order valence-corrected chi connectivity index (χ1v) is 18.7. The Morgan fingerprint density at radius 3 is 2.10 bits per heavy atom. The molecule has 0 aromatic rings. The van der Waals surface area contributed by atoms with Crippen molar-refractivity contribution in [1.29, 1.82) is 0 Å². The van der Waals surface area contributed by atoms with Gasteiger partial charge in [0.2, 0.25) is 0 Å². The third-order valence-electron chi connectivity index (χ3n) is 15.6. The maximum atomic E-state index is 13.6. The molecule has 4 N–H and O–H groups in total. The fourth-order valence-electron chi connectivity index (χ4n) is 12.1. The van der Waals surface area contributed by atoms with Gasteiger partial charge in [-0.15, -0.1) is 0 Å². The molecule has 5 rings (SSSR count). The van der Waals surface area contributed by atoms with E-state index in [1.165, 1.54) is 0 Å². The predicted octanol–water partition coefficient (Wildman–Crippen LogP) is 7.08. The number of carbonyl (C=O) groups excluding carboxylic acids is 2. The minimum Gasteiger partial charge on any atom is -0.457 e. The van der Waals surface area contributed by atoms with Gasteiger partial charge < -0.3 is 29.9 Å². The molecule has 8 heteroatoms. The van der Waals surface area contributed by atoms with Crippen molar-refractivity contribution in [3.63, 3.8) is 0 Å². The number of aliphatic hydroxyl groups is 4. The van der Waals surface area contributed by atoms with Gasteiger partial charge in [-0.3, -0.25) is 4.79 Å². The van der Waals surface area contributed by atoms with Crippen LogP contribution in [0, 0.1) is 50.2 Å². The summed E-state index contributed by atoms with van der Waals surface area (Å²) in [6, 6.07) is 0. The van der Waals surface area contributed by atoms with E-state index in [0.717, 1.165) is 43.3 Å². The lowest BCUT2D eigenvalue weighted by molar-refractivity contribution is -0.292. The molecule has 0 radical (unpaired) electrons. The summed E-state index contributed by atoms with van der Waals surface area (Å²) >= 11 is 0. The van der Waals surface area contributed by atoms with Crippen LogP contribution >= 0.6 is 0 Å². The predicted molar refractivity (Wildman–Crippen MR) is 196 cm³/mol. The zero-order valence-corrected chi connectivity index (χ0v) is 31.9. The summed E-state index contributed by atoms with van der Waals surface area (Å²) in [6.07, 6.45) is 5.08. The van der Waals surface area contributed by atoms with Crippen LogP contribution in [-0.4, -0.2) is 69.5 Å². The van der Waals surface area contributed by atoms with E-state index in [9.17, 15) is 30.0 Å². The first-order chi connectivity index (χ1) is 22.6. The van der Waals surface area contributed by atoms with Crippen molar-refractivity contribution < 1.29 is 39.5 Å². The third kappa shape index (κ3) is 5.51. The monoisotopic (exact) mass is 700 g/mol. The molecule has 0 bridgehead atoms. The molecule has 0 amide bonds. The fourth-order valence-corrected chi connectivity index (χ4v) is 12.1. The van der Waals surface area contributed by atoms with E-state index >= 15 is 0 Å². The van der Waals surface area contributed by atoms with E-state index in [1.807, 2.05) is 33.8 Å². The number of rotatable bonds is 6. The normalized spacial score (nSPS) is 45.0. The number of ether oxygens (including phenoxy) is 2. The van der Waals surface area contributed by atoms with Gasteiger partial charge in [0, 0.05) is 16.4 Å². The number of hydrogen-bond donors (Lipinski definition) is 4. The first kappa shape index (κ1) is 40.8. The number of esters is 2. The van der Waals surface area contributed by atoms with Crippen molar-refractivity contribution >= 4 is 11.9 Å². The Balaban J connectivity index is 0.00000562. The van der Waals surface area contributed by atoms with E-state index in [-0.39, 0.29) is 36.7 Å². The van der Waals surface area contributed by atoms with Gasteiger partial charge in [-0.05, 0) is 100 Å². The van der Waals surface area contributed by atoms with Gasteiger partial charge in [0.1, 0.15) is 6.10 Å². The van der Waals surface area contributed by atoms with Crippen molar-refractivity contribution in [2.75, 3.05) is 6.61 Å². The van der Waals surface area contributed by atoms with Crippen LogP contribution in [0.3, 0.4) is 0 Å². The molecule has 0 aromatic carbocycles. The zero-order valence-electron chi connectivity index (χ0n) is 31.9. The molecular formula is C42H68O8. The maximum Gasteiger partial charge on any atom is 0.333 e. The van der Waals surface area contributed by atoms with Gasteiger partial charge >= 0.3 is 11.9 Å². The molecule has 0 spiro atoms. The Morgan fingerprint density at radius 2 is 1.52 bits per heavy atom. The number of fused-ring (bicyclic) bond motifs is 7. The third-order valence-corrected chi connectivity index (χ3v) is 15.6. The molecule has 50 heavy (non-hydrogen) atoms. The second-order valence-electron chi connectivity index (χ2n) is 18.5. The minimum atomic E-state index is -1.52. The smallest absolute Gasteiger partial charge is 0.333 e. The highest BCUT2D eigenvalue weighted by molar-refractivity contribution is 5.87. The Morgan fingerprint density at radius 1 is 0.880 bits per heavy atom. The van der Waals surface area contributed by atoms with Crippen LogP contribution in [0.4, 0.5) is 0 Å². The van der Waals surface area contributed by atoms with Crippen LogP contribution in [0.1, 0.15) is 129 Å². The summed E-state index contributed by atoms with van der Waals surface area (Å²) in [5.74, 6) is -1.03. The van der Waals surface area contributed by atoms with E-state index in [2.05, 4.69) is 40.7 Å². The van der Waals surface area contributed by atoms with Crippen molar-refractivity contribution in [2.45, 2.75) is 159 Å². The summed E-state index contributed by atoms with van der Waals surface area (Å²) < 4.78 is 12.5. The Labute approximate surface area is 301 Å². The van der Waals surface area contributed by atoms with E-state index in [1.54, 1.807) is 19.9 Å². The maximum absolute atomic E-state index is 13.6. The molecule has 4 saturated carbocycles. The van der Waals surface area contributed by atoms with Gasteiger partial charge in [0.15, 0.2) is 6.10 Å². The van der Waals surface area contributed by atoms with Gasteiger partial charge in [-0.25, -0.2) is 4.79 Å². The fraction of sp³-hybridized carbons (Fsp3) is 0.810. The minimum absolute atomic E-state index is 0. The summed E-state index contributed by atoms with van der Waals surface area (Å²) in [5.41, 5.74) is -1.57. The van der Waals surface area contributed by atoms with Crippen molar-refractivity contribution in [2.24, 2.45) is 50.2 Å². The summed E-state index contributed by atoms with van der Waals surface area (Å²) in [5, 5.41) is 47.9. The second kappa shape index (κ2) is 13.4. The molecule has 4 fully saturated rings. The van der Waals surface area contributed by atoms with Crippen LogP contribution in [0.2, 0.25) is 0 Å². The molecule has 8 nitrogen and oxygen atoms in total. The van der Waals surface area contributed by atoms with Crippen LogP contribution in [-0.2, 0) is 19.1 Å². The molecular weight excluding hydrogens is 632 g/mol. The molecule has 12 atom stereocenters. The molecule has 0 aliphatic heterocycles. The molecule has 0 aromatic heterocycles. The highest BCUT2D eigenvalue weighted by atomic mass is 16.6. The highest BCUT2D eigenvalue weighted by Gasteiger charge is 2.76. The van der Waals surface area contributed by atoms with Crippen LogP contribution in [0.25, 0.3) is 0 Å². The second-order valence-corrected chi connectivity index (χ2v) is 18.5. The van der Waals surface area contributed by atoms with Gasteiger partial charge in [-0.1, -0.05) is 85.3 Å². The number of aliphatic hydroxyl groups excluding tert-OH is 4. The summed E-state index contributed by atoms with van der Waals surface area (Å²) in [6.45, 7) is 21.7. The standard InChI is InChI=1S/C41H64O8.CH4/c1-12-23(3)20-30(44)48-34-33(49-35(47)24(4)13-2)36(5,6)21-26-25-14-15-28-38(9)18-17-29(43)37(7,8)27(38)16-19-39(28,10)40(25,11)31(45)32(46)41(26,34)22-42;/h12-14,26-29,31-34,42-43,45-46H,15-22H2,1-11H3;1H4/b23-12-,24-13-;/t26?,27?,28?,29-,31-,32+,33-,34-,38-,39+,40-,41-;/m0./s1. The van der Waals surface area contributed by atoms with Gasteiger partial charge in [0.05, 0.1) is 36.8 Å². The highest BCUT2D eigenvalue weighted by Crippen LogP contribution is 2.76. The lowest BCUT2D eigenvalue weighted by Crippen LogP contribution is -2.76. The summed E-state index contributed by atoms with van der Waals surface area (Å²) in [7, 11) is 0. The topological polar surface area (TPSA) is 134 Å². The van der Waals surface area contributed by atoms with E-state index < -0.39 is 70.5 Å². The molecule has 3 unspecified atom stereocenters. The average Bonchev–Trinajstić information content (AvgIpc) is 3.03. The van der Waals surface area contributed by atoms with Crippen LogP contribution in [0.5, 0.6) is 0 Å². The van der Waals surface area contributed by atoms with Crippen molar-refractivity contribution in [3.8, 4) is 0 Å². The lowest BCUT2D eigenvalue weighted by atomic mass is 9.32. The molecule has 284 valence electrons. The number of hydrogen-bond acceptors (Lipinski definition) is 8. The van der Waals surface area contributed by atoms with Crippen LogP contribution in [0.15, 0.2) is 34.9 Å². The summed E-state index contributed by atoms with van der Waals surface area (Å²) in [4.78, 5) is 26.9. The largest absolute Gasteiger partial charge is 0.457 e. The molecule has 5 aliphatic carbocycles. The number of carbonyl (C=O) groups is 2. The Bertz CT molecular complexity index is 1420. The van der Waals surface area contributed by atoms with Crippen LogP contribution < -0.4 is 0 Å². The number of allylic oxidation sites excluding steroid dienone is 3. The molecule has 0 heterocycles. The van der Waals surface area contributed by atoms with E-state index in [4.69, 9.17) is 9.47 Å². The quantitative estimate of drug-likeness (QED) is 0.131. The average molecular weight is 701 g/mol. The van der Waals surface area contributed by atoms with Crippen molar-refractivity contribution in [3.05, 3.63) is 34.9 Å². The van der Waals surface area contributed by atoms with Gasteiger partial charge in [-0.2, -0.15) is 0 Å². The van der Waals surface area contributed by atoms with Gasteiger partial charge in [0.25, 0.3) is 0 Å². The van der Waals surface area contributed by atoms with Crippen molar-refractivity contribution in [1.82, 2.24) is 0 Å². The molecule has 5 aliphatic rings. The Kier molecular flexibility index (Phi) is 11.0.